The molecule has 0 N–H and O–H groups in total. The maximum Gasteiger partial charge on any atom is 0.0568 e. The summed E-state index contributed by atoms with van der Waals surface area (Å²) in [6.07, 6.45) is 7.65. The van der Waals surface area contributed by atoms with Crippen molar-refractivity contribution in [1.29, 1.82) is 0 Å². The van der Waals surface area contributed by atoms with Crippen LogP contribution in [0.4, 0.5) is 0 Å². The third kappa shape index (κ3) is 4.54. The summed E-state index contributed by atoms with van der Waals surface area (Å²) in [4.78, 5) is 2.50. The average Bonchev–Trinajstić information content (AvgIpc) is 2.53. The maximum absolute atomic E-state index is 4.07. The quantitative estimate of drug-likeness (QED) is 0.458. The van der Waals surface area contributed by atoms with E-state index >= 15 is 0 Å². The smallest absolute Gasteiger partial charge is 0.0568 e. The Hall–Kier alpha value is -1.52. The number of nitrogens with zero attached hydrogens (tertiary/aromatic N) is 2. The van der Waals surface area contributed by atoms with Crippen LogP contribution in [0.1, 0.15) is 11.1 Å². The van der Waals surface area contributed by atoms with Gasteiger partial charge >= 0.3 is 0 Å². The van der Waals surface area contributed by atoms with Gasteiger partial charge in [0, 0.05) is 9.79 Å². The zero-order valence-electron chi connectivity index (χ0n) is 11.5. The van der Waals surface area contributed by atoms with E-state index in [0.717, 1.165) is 11.1 Å². The van der Waals surface area contributed by atoms with E-state index in [1.165, 1.54) is 9.79 Å². The summed E-state index contributed by atoms with van der Waals surface area (Å²) in [6, 6.07) is 16.5. The van der Waals surface area contributed by atoms with Crippen molar-refractivity contribution in [2.75, 3.05) is 12.5 Å². The van der Waals surface area contributed by atoms with Crippen LogP contribution in [0.5, 0.6) is 0 Å². The van der Waals surface area contributed by atoms with Crippen molar-refractivity contribution in [3.63, 3.8) is 0 Å². The van der Waals surface area contributed by atoms with E-state index in [-0.39, 0.29) is 0 Å². The summed E-state index contributed by atoms with van der Waals surface area (Å²) in [6.45, 7) is 0. The van der Waals surface area contributed by atoms with Crippen molar-refractivity contribution < 1.29 is 0 Å². The monoisotopic (exact) mass is 300 g/mol. The van der Waals surface area contributed by atoms with Crippen molar-refractivity contribution in [3.8, 4) is 0 Å². The first-order valence-corrected chi connectivity index (χ1v) is 8.61. The number of hydrogen-bond acceptors (Lipinski definition) is 4. The summed E-state index contributed by atoms with van der Waals surface area (Å²) >= 11 is 3.46. The molecule has 0 heterocycles. The van der Waals surface area contributed by atoms with Crippen LogP contribution in [-0.2, 0) is 0 Å². The van der Waals surface area contributed by atoms with Crippen molar-refractivity contribution in [2.24, 2.45) is 10.2 Å². The van der Waals surface area contributed by atoms with Gasteiger partial charge in [-0.25, -0.2) is 0 Å². The molecule has 0 fully saturated rings. The Morgan fingerprint density at radius 1 is 0.650 bits per heavy atom. The molecular weight excluding hydrogens is 284 g/mol. The topological polar surface area (TPSA) is 24.7 Å². The van der Waals surface area contributed by atoms with E-state index in [4.69, 9.17) is 0 Å². The van der Waals surface area contributed by atoms with Crippen LogP contribution in [-0.4, -0.2) is 24.9 Å². The zero-order valence-corrected chi connectivity index (χ0v) is 13.1. The Labute approximate surface area is 128 Å². The molecule has 0 radical (unpaired) electrons. The van der Waals surface area contributed by atoms with Crippen LogP contribution in [0.25, 0.3) is 0 Å². The van der Waals surface area contributed by atoms with Gasteiger partial charge in [0.25, 0.3) is 0 Å². The second kappa shape index (κ2) is 7.92. The predicted molar refractivity (Wildman–Crippen MR) is 91.6 cm³/mol. The molecule has 0 aromatic heterocycles. The lowest BCUT2D eigenvalue weighted by molar-refractivity contribution is 1.26. The number of hydrogen-bond donors (Lipinski definition) is 0. The molecule has 20 heavy (non-hydrogen) atoms. The zero-order chi connectivity index (χ0) is 14.2. The van der Waals surface area contributed by atoms with Gasteiger partial charge in [0.05, 0.1) is 12.4 Å². The molecule has 0 aliphatic heterocycles. The molecule has 0 spiro atoms. The van der Waals surface area contributed by atoms with E-state index in [2.05, 4.69) is 47.0 Å². The minimum Gasteiger partial charge on any atom is -0.159 e. The molecule has 2 aromatic rings. The second-order valence-electron chi connectivity index (χ2n) is 4.04. The Kier molecular flexibility index (Phi) is 5.89. The van der Waals surface area contributed by atoms with Crippen molar-refractivity contribution in [2.45, 2.75) is 9.79 Å². The van der Waals surface area contributed by atoms with E-state index in [1.807, 2.05) is 24.3 Å². The second-order valence-corrected chi connectivity index (χ2v) is 5.79. The van der Waals surface area contributed by atoms with Crippen LogP contribution in [0, 0.1) is 0 Å². The summed E-state index contributed by atoms with van der Waals surface area (Å²) in [7, 11) is 0. The number of benzene rings is 2. The normalized spacial score (nSPS) is 11.5. The van der Waals surface area contributed by atoms with Crippen molar-refractivity contribution in [3.05, 3.63) is 59.7 Å². The maximum atomic E-state index is 4.07. The van der Waals surface area contributed by atoms with Gasteiger partial charge in [0.15, 0.2) is 0 Å². The van der Waals surface area contributed by atoms with Gasteiger partial charge in [-0.15, -0.1) is 23.5 Å². The molecular formula is C16H16N2S2. The Balaban J connectivity index is 1.95. The first-order chi connectivity index (χ1) is 9.81. The van der Waals surface area contributed by atoms with Gasteiger partial charge in [-0.2, -0.15) is 10.2 Å². The molecule has 0 aliphatic rings. The SMILES string of the molecule is CSc1ccc(/C=N/N=C/c2ccc(SC)cc2)cc1. The highest BCUT2D eigenvalue weighted by atomic mass is 32.2. The fraction of sp³-hybridized carbons (Fsp3) is 0.125. The van der Waals surface area contributed by atoms with Crippen molar-refractivity contribution in [1.82, 2.24) is 0 Å². The predicted octanol–water partition coefficient (Wildman–Crippen LogP) is 4.58. The molecule has 2 aromatic carbocycles. The molecule has 0 atom stereocenters. The van der Waals surface area contributed by atoms with Crippen LogP contribution in [0.15, 0.2) is 68.5 Å². The van der Waals surface area contributed by atoms with E-state index < -0.39 is 0 Å². The molecule has 102 valence electrons. The Morgan fingerprint density at radius 3 is 1.30 bits per heavy atom. The molecule has 0 amide bonds. The first-order valence-electron chi connectivity index (χ1n) is 6.16. The van der Waals surface area contributed by atoms with Gasteiger partial charge in [0.2, 0.25) is 0 Å². The average molecular weight is 300 g/mol. The molecule has 2 nitrogen and oxygen atoms in total. The van der Waals surface area contributed by atoms with E-state index in [0.29, 0.717) is 0 Å². The minimum absolute atomic E-state index is 1.05. The van der Waals surface area contributed by atoms with Gasteiger partial charge < -0.3 is 0 Å². The summed E-state index contributed by atoms with van der Waals surface area (Å²) in [5, 5.41) is 8.13. The molecule has 0 unspecified atom stereocenters. The summed E-state index contributed by atoms with van der Waals surface area (Å²) in [5.41, 5.74) is 2.11. The highest BCUT2D eigenvalue weighted by Crippen LogP contribution is 2.14. The Morgan fingerprint density at radius 2 is 1.00 bits per heavy atom. The molecule has 0 aliphatic carbocycles. The molecule has 2 rings (SSSR count). The largest absolute Gasteiger partial charge is 0.159 e. The van der Waals surface area contributed by atoms with Gasteiger partial charge in [-0.1, -0.05) is 24.3 Å². The summed E-state index contributed by atoms with van der Waals surface area (Å²) < 4.78 is 0. The third-order valence-corrected chi connectivity index (χ3v) is 4.20. The minimum atomic E-state index is 1.05. The molecule has 0 bridgehead atoms. The van der Waals surface area contributed by atoms with Crippen LogP contribution >= 0.6 is 23.5 Å². The fourth-order valence-corrected chi connectivity index (χ4v) is 2.40. The van der Waals surface area contributed by atoms with Crippen LogP contribution < -0.4 is 0 Å². The highest BCUT2D eigenvalue weighted by molar-refractivity contribution is 7.98. The standard InChI is InChI=1S/C16H16N2S2/c1-19-15-7-3-13(4-8-15)11-17-18-12-14-5-9-16(20-2)10-6-14/h3-12H,1-2H3/b17-11+,18-12+. The van der Waals surface area contributed by atoms with Crippen LogP contribution in [0.3, 0.4) is 0 Å². The Bertz CT molecular complexity index is 531. The van der Waals surface area contributed by atoms with Crippen LogP contribution in [0.2, 0.25) is 0 Å². The lowest BCUT2D eigenvalue weighted by Gasteiger charge is -1.96. The van der Waals surface area contributed by atoms with Gasteiger partial charge in [-0.05, 0) is 47.9 Å². The lowest BCUT2D eigenvalue weighted by Crippen LogP contribution is -1.82. The number of rotatable bonds is 5. The first kappa shape index (κ1) is 14.9. The fourth-order valence-electron chi connectivity index (χ4n) is 1.58. The molecule has 0 saturated carbocycles. The molecule has 0 saturated heterocycles. The highest BCUT2D eigenvalue weighted by Gasteiger charge is 1.91. The van der Waals surface area contributed by atoms with E-state index in [9.17, 15) is 0 Å². The molecule has 4 heteroatoms. The lowest BCUT2D eigenvalue weighted by atomic mass is 10.2. The van der Waals surface area contributed by atoms with E-state index in [1.54, 1.807) is 36.0 Å². The summed E-state index contributed by atoms with van der Waals surface area (Å²) in [5.74, 6) is 0. The van der Waals surface area contributed by atoms with Gasteiger partial charge in [-0.3, -0.25) is 0 Å². The number of thioether (sulfide) groups is 2. The van der Waals surface area contributed by atoms with Crippen molar-refractivity contribution >= 4 is 36.0 Å². The third-order valence-electron chi connectivity index (χ3n) is 2.71. The van der Waals surface area contributed by atoms with Gasteiger partial charge in [0.1, 0.15) is 0 Å².